The van der Waals surface area contributed by atoms with Crippen molar-refractivity contribution in [2.24, 2.45) is 0 Å². The first-order valence-electron chi connectivity index (χ1n) is 6.82. The van der Waals surface area contributed by atoms with E-state index in [2.05, 4.69) is 42.7 Å². The number of nitrogens with one attached hydrogen (secondary N) is 2. The molecule has 112 valence electrons. The average Bonchev–Trinajstić information content (AvgIpc) is 2.79. The summed E-state index contributed by atoms with van der Waals surface area (Å²) in [5.74, 6) is -0.0113. The van der Waals surface area contributed by atoms with Crippen LogP contribution in [0.3, 0.4) is 0 Å². The maximum absolute atomic E-state index is 11.9. The van der Waals surface area contributed by atoms with Gasteiger partial charge in [0.05, 0.1) is 12.1 Å². The van der Waals surface area contributed by atoms with Crippen LogP contribution in [0.2, 0.25) is 0 Å². The van der Waals surface area contributed by atoms with E-state index in [-0.39, 0.29) is 24.4 Å². The Balaban J connectivity index is 0.00000200. The lowest BCUT2D eigenvalue weighted by Crippen LogP contribution is -2.41. The second-order valence-electron chi connectivity index (χ2n) is 5.26. The molecule has 1 aliphatic rings. The lowest BCUT2D eigenvalue weighted by atomic mass is 10.0. The first kappa shape index (κ1) is 17.0. The Labute approximate surface area is 126 Å². The highest BCUT2D eigenvalue weighted by Gasteiger charge is 2.27. The molecule has 3 N–H and O–H groups in total. The Bertz CT molecular complexity index is 445. The highest BCUT2D eigenvalue weighted by atomic mass is 35.5. The minimum Gasteiger partial charge on any atom is -0.392 e. The van der Waals surface area contributed by atoms with Crippen LogP contribution in [0.15, 0.2) is 18.2 Å². The van der Waals surface area contributed by atoms with Crippen molar-refractivity contribution in [3.05, 3.63) is 34.9 Å². The fourth-order valence-corrected chi connectivity index (χ4v) is 2.59. The number of aliphatic hydroxyl groups is 1. The minimum absolute atomic E-state index is 0. The molecule has 2 unspecified atom stereocenters. The summed E-state index contributed by atoms with van der Waals surface area (Å²) in [5.41, 5.74) is 3.84. The second kappa shape index (κ2) is 7.62. The molecule has 4 nitrogen and oxygen atoms in total. The van der Waals surface area contributed by atoms with Crippen LogP contribution in [0.5, 0.6) is 0 Å². The molecule has 0 bridgehead atoms. The van der Waals surface area contributed by atoms with E-state index in [0.29, 0.717) is 19.5 Å². The van der Waals surface area contributed by atoms with Gasteiger partial charge in [-0.15, -0.1) is 12.4 Å². The predicted octanol–water partition coefficient (Wildman–Crippen LogP) is 1.11. The van der Waals surface area contributed by atoms with Gasteiger partial charge in [0, 0.05) is 13.1 Å². The molecule has 0 aliphatic carbocycles. The summed E-state index contributed by atoms with van der Waals surface area (Å²) in [6, 6.07) is 6.00. The van der Waals surface area contributed by atoms with Gasteiger partial charge in [0.15, 0.2) is 0 Å². The summed E-state index contributed by atoms with van der Waals surface area (Å²) in [6.45, 7) is 5.34. The maximum Gasteiger partial charge on any atom is 0.237 e. The average molecular weight is 299 g/mol. The molecule has 0 saturated carbocycles. The van der Waals surface area contributed by atoms with Crippen LogP contribution < -0.4 is 10.6 Å². The molecule has 20 heavy (non-hydrogen) atoms. The number of amides is 1. The molecule has 0 radical (unpaired) electrons. The van der Waals surface area contributed by atoms with E-state index in [0.717, 1.165) is 6.42 Å². The molecule has 1 aromatic rings. The van der Waals surface area contributed by atoms with E-state index in [1.807, 2.05) is 0 Å². The van der Waals surface area contributed by atoms with Crippen LogP contribution in [-0.2, 0) is 11.2 Å². The standard InChI is InChI=1S/C15H22N2O2.ClH/c1-10-4-3-5-11(2)13(10)6-7-16-15(19)14-8-12(18)9-17-14;/h3-5,12,14,17-18H,6-9H2,1-2H3,(H,16,19);1H. The summed E-state index contributed by atoms with van der Waals surface area (Å²) in [4.78, 5) is 11.9. The number of benzene rings is 1. The smallest absolute Gasteiger partial charge is 0.237 e. The molecule has 1 saturated heterocycles. The number of carbonyl (C=O) groups is 1. The number of halogens is 1. The van der Waals surface area contributed by atoms with E-state index in [4.69, 9.17) is 0 Å². The quantitative estimate of drug-likeness (QED) is 0.780. The van der Waals surface area contributed by atoms with Crippen LogP contribution in [0, 0.1) is 13.8 Å². The normalized spacial score (nSPS) is 21.4. The van der Waals surface area contributed by atoms with Gasteiger partial charge in [0.1, 0.15) is 0 Å². The van der Waals surface area contributed by atoms with Gasteiger partial charge in [-0.05, 0) is 43.4 Å². The molecule has 2 rings (SSSR count). The van der Waals surface area contributed by atoms with E-state index in [1.54, 1.807) is 0 Å². The van der Waals surface area contributed by atoms with Gasteiger partial charge in [0.25, 0.3) is 0 Å². The molecular formula is C15H23ClN2O2. The van der Waals surface area contributed by atoms with E-state index in [1.165, 1.54) is 16.7 Å². The Hall–Kier alpha value is -1.10. The van der Waals surface area contributed by atoms with Crippen molar-refractivity contribution in [2.45, 2.75) is 38.8 Å². The summed E-state index contributed by atoms with van der Waals surface area (Å²) in [5, 5.41) is 15.3. The van der Waals surface area contributed by atoms with Gasteiger partial charge in [-0.25, -0.2) is 0 Å². The van der Waals surface area contributed by atoms with Gasteiger partial charge in [-0.2, -0.15) is 0 Å². The molecule has 1 aromatic carbocycles. The van der Waals surface area contributed by atoms with Crippen molar-refractivity contribution in [3.63, 3.8) is 0 Å². The van der Waals surface area contributed by atoms with Crippen LogP contribution >= 0.6 is 12.4 Å². The summed E-state index contributed by atoms with van der Waals surface area (Å²) in [6.07, 6.45) is 0.962. The molecule has 1 aliphatic heterocycles. The number of aliphatic hydroxyl groups excluding tert-OH is 1. The van der Waals surface area contributed by atoms with E-state index < -0.39 is 6.10 Å². The number of hydrogen-bond donors (Lipinski definition) is 3. The van der Waals surface area contributed by atoms with Crippen LogP contribution in [0.25, 0.3) is 0 Å². The van der Waals surface area contributed by atoms with Crippen LogP contribution in [-0.4, -0.2) is 36.2 Å². The van der Waals surface area contributed by atoms with Crippen molar-refractivity contribution in [2.75, 3.05) is 13.1 Å². The zero-order valence-corrected chi connectivity index (χ0v) is 12.8. The summed E-state index contributed by atoms with van der Waals surface area (Å²) >= 11 is 0. The minimum atomic E-state index is -0.394. The highest BCUT2D eigenvalue weighted by Crippen LogP contribution is 2.13. The molecule has 1 amide bonds. The van der Waals surface area contributed by atoms with Crippen molar-refractivity contribution < 1.29 is 9.90 Å². The van der Waals surface area contributed by atoms with Gasteiger partial charge in [-0.3, -0.25) is 4.79 Å². The van der Waals surface area contributed by atoms with Gasteiger partial charge in [0.2, 0.25) is 5.91 Å². The molecule has 0 spiro atoms. The fourth-order valence-electron chi connectivity index (χ4n) is 2.59. The van der Waals surface area contributed by atoms with Gasteiger partial charge in [-0.1, -0.05) is 18.2 Å². The second-order valence-corrected chi connectivity index (χ2v) is 5.26. The van der Waals surface area contributed by atoms with Crippen LogP contribution in [0.1, 0.15) is 23.1 Å². The van der Waals surface area contributed by atoms with Crippen molar-refractivity contribution >= 4 is 18.3 Å². The molecule has 1 fully saturated rings. The molecule has 0 aromatic heterocycles. The summed E-state index contributed by atoms with van der Waals surface area (Å²) < 4.78 is 0. The third kappa shape index (κ3) is 4.20. The van der Waals surface area contributed by atoms with E-state index in [9.17, 15) is 9.90 Å². The van der Waals surface area contributed by atoms with Gasteiger partial charge >= 0.3 is 0 Å². The molecule has 1 heterocycles. The van der Waals surface area contributed by atoms with Gasteiger partial charge < -0.3 is 15.7 Å². The number of hydrogen-bond acceptors (Lipinski definition) is 3. The first-order chi connectivity index (χ1) is 9.08. The Kier molecular flexibility index (Phi) is 6.46. The molecule has 2 atom stereocenters. The SMILES string of the molecule is Cc1cccc(C)c1CCNC(=O)C1CC(O)CN1.Cl. The predicted molar refractivity (Wildman–Crippen MR) is 82.3 cm³/mol. The Morgan fingerprint density at radius 2 is 2.05 bits per heavy atom. The molecular weight excluding hydrogens is 276 g/mol. The highest BCUT2D eigenvalue weighted by molar-refractivity contribution is 5.85. The lowest BCUT2D eigenvalue weighted by Gasteiger charge is -2.13. The Morgan fingerprint density at radius 3 is 2.60 bits per heavy atom. The van der Waals surface area contributed by atoms with Crippen LogP contribution in [0.4, 0.5) is 0 Å². The fraction of sp³-hybridized carbons (Fsp3) is 0.533. The molecule has 5 heteroatoms. The lowest BCUT2D eigenvalue weighted by molar-refractivity contribution is -0.122. The first-order valence-corrected chi connectivity index (χ1v) is 6.82. The monoisotopic (exact) mass is 298 g/mol. The zero-order valence-electron chi connectivity index (χ0n) is 12.0. The Morgan fingerprint density at radius 1 is 1.40 bits per heavy atom. The number of β-amino-alcohol motifs (C(OH)–C–C–N with tert-alkyl or cyclic N) is 1. The number of carbonyl (C=O) groups excluding carboxylic acids is 1. The number of aryl methyl sites for hydroxylation is 2. The van der Waals surface area contributed by atoms with Crippen molar-refractivity contribution in [1.82, 2.24) is 10.6 Å². The third-order valence-corrected chi connectivity index (χ3v) is 3.74. The largest absolute Gasteiger partial charge is 0.392 e. The van der Waals surface area contributed by atoms with Crippen molar-refractivity contribution in [3.8, 4) is 0 Å². The topological polar surface area (TPSA) is 61.4 Å². The third-order valence-electron chi connectivity index (χ3n) is 3.74. The number of rotatable bonds is 4. The summed E-state index contributed by atoms with van der Waals surface area (Å²) in [7, 11) is 0. The van der Waals surface area contributed by atoms with E-state index >= 15 is 0 Å². The maximum atomic E-state index is 11.9. The van der Waals surface area contributed by atoms with Crippen molar-refractivity contribution in [1.29, 1.82) is 0 Å². The zero-order chi connectivity index (χ0) is 13.8.